The highest BCUT2D eigenvalue weighted by molar-refractivity contribution is 6.08. The van der Waals surface area contributed by atoms with Gasteiger partial charge in [-0.2, -0.15) is 5.26 Å². The molecule has 26 heavy (non-hydrogen) atoms. The van der Waals surface area contributed by atoms with Gasteiger partial charge in [0.2, 0.25) is 5.91 Å². The number of pyridine rings is 1. The molecule has 1 aliphatic rings. The van der Waals surface area contributed by atoms with E-state index in [9.17, 15) is 18.4 Å². The summed E-state index contributed by atoms with van der Waals surface area (Å²) in [5, 5.41) is 11.9. The van der Waals surface area contributed by atoms with E-state index in [0.29, 0.717) is 16.6 Å². The summed E-state index contributed by atoms with van der Waals surface area (Å²) in [5.74, 6) is -4.39. The molecule has 0 bridgehead atoms. The summed E-state index contributed by atoms with van der Waals surface area (Å²) in [4.78, 5) is 29.5. The van der Waals surface area contributed by atoms with Crippen LogP contribution in [0, 0.1) is 11.3 Å². The minimum Gasteiger partial charge on any atom is -0.397 e. The first-order valence-electron chi connectivity index (χ1n) is 7.81. The van der Waals surface area contributed by atoms with Gasteiger partial charge < -0.3 is 16.0 Å². The van der Waals surface area contributed by atoms with Gasteiger partial charge in [-0.15, -0.1) is 0 Å². The maximum absolute atomic E-state index is 13.4. The molecule has 9 heteroatoms. The number of hydrogen-bond donors (Lipinski definition) is 2. The molecule has 1 aromatic carbocycles. The number of hydrogen-bond acceptors (Lipinski definition) is 5. The number of anilines is 1. The van der Waals surface area contributed by atoms with E-state index in [2.05, 4.69) is 10.3 Å². The molecule has 0 radical (unpaired) electrons. The van der Waals surface area contributed by atoms with Crippen molar-refractivity contribution in [2.45, 2.75) is 18.4 Å². The molecule has 1 saturated heterocycles. The highest BCUT2D eigenvalue weighted by atomic mass is 19.3. The Hall–Kier alpha value is -3.28. The number of amides is 2. The number of halogens is 2. The molecule has 1 fully saturated rings. The van der Waals surface area contributed by atoms with Crippen molar-refractivity contribution in [3.8, 4) is 6.07 Å². The van der Waals surface area contributed by atoms with Crippen LogP contribution in [0.1, 0.15) is 16.8 Å². The quantitative estimate of drug-likeness (QED) is 0.803. The van der Waals surface area contributed by atoms with Crippen LogP contribution in [0.5, 0.6) is 0 Å². The Balaban J connectivity index is 1.73. The van der Waals surface area contributed by atoms with Gasteiger partial charge in [0.1, 0.15) is 6.04 Å². The van der Waals surface area contributed by atoms with Crippen molar-refractivity contribution in [2.24, 2.45) is 0 Å². The van der Waals surface area contributed by atoms with Gasteiger partial charge in [0, 0.05) is 18.0 Å². The Morgan fingerprint density at radius 1 is 1.42 bits per heavy atom. The third-order valence-electron chi connectivity index (χ3n) is 4.19. The van der Waals surface area contributed by atoms with Crippen molar-refractivity contribution in [1.82, 2.24) is 15.2 Å². The molecule has 1 aromatic heterocycles. The maximum atomic E-state index is 13.4. The normalized spacial score (nSPS) is 18.5. The fourth-order valence-corrected chi connectivity index (χ4v) is 2.94. The number of nitrogen functional groups attached to an aromatic ring is 1. The summed E-state index contributed by atoms with van der Waals surface area (Å²) in [6, 6.07) is 6.96. The first-order valence-corrected chi connectivity index (χ1v) is 7.81. The Kier molecular flexibility index (Phi) is 4.42. The number of fused-ring (bicyclic) bond motifs is 1. The predicted octanol–water partition coefficient (Wildman–Crippen LogP) is 1.31. The first-order chi connectivity index (χ1) is 12.3. The molecule has 0 saturated carbocycles. The van der Waals surface area contributed by atoms with E-state index in [1.54, 1.807) is 24.3 Å². The zero-order valence-electron chi connectivity index (χ0n) is 13.6. The second kappa shape index (κ2) is 6.55. The number of aromatic nitrogens is 1. The van der Waals surface area contributed by atoms with E-state index in [-0.39, 0.29) is 5.56 Å². The van der Waals surface area contributed by atoms with E-state index >= 15 is 0 Å². The van der Waals surface area contributed by atoms with Crippen LogP contribution < -0.4 is 11.1 Å². The van der Waals surface area contributed by atoms with Crippen molar-refractivity contribution >= 4 is 28.4 Å². The lowest BCUT2D eigenvalue weighted by Crippen LogP contribution is -2.43. The number of nitrogens with one attached hydrogen (secondary N) is 1. The number of carbonyl (C=O) groups excluding carboxylic acids is 2. The fraction of sp³-hybridized carbons (Fsp3) is 0.294. The second-order valence-electron chi connectivity index (χ2n) is 6.01. The molecule has 0 spiro atoms. The average molecular weight is 359 g/mol. The highest BCUT2D eigenvalue weighted by Gasteiger charge is 2.47. The van der Waals surface area contributed by atoms with Crippen LogP contribution >= 0.6 is 0 Å². The van der Waals surface area contributed by atoms with Crippen molar-refractivity contribution < 1.29 is 18.4 Å². The third kappa shape index (κ3) is 3.26. The lowest BCUT2D eigenvalue weighted by molar-refractivity contribution is -0.131. The lowest BCUT2D eigenvalue weighted by atomic mass is 10.1. The zero-order chi connectivity index (χ0) is 18.9. The average Bonchev–Trinajstić information content (AvgIpc) is 2.94. The van der Waals surface area contributed by atoms with Crippen LogP contribution in [0.2, 0.25) is 0 Å². The minimum absolute atomic E-state index is 0.263. The van der Waals surface area contributed by atoms with Crippen LogP contribution in [0.25, 0.3) is 10.9 Å². The Bertz CT molecular complexity index is 925. The largest absolute Gasteiger partial charge is 0.397 e. The summed E-state index contributed by atoms with van der Waals surface area (Å²) in [6.45, 7) is -1.31. The molecule has 1 unspecified atom stereocenters. The van der Waals surface area contributed by atoms with Crippen molar-refractivity contribution in [3.05, 3.63) is 36.0 Å². The minimum atomic E-state index is -3.10. The van der Waals surface area contributed by atoms with Crippen molar-refractivity contribution in [1.29, 1.82) is 5.26 Å². The summed E-state index contributed by atoms with van der Waals surface area (Å²) in [5.41, 5.74) is 6.95. The number of nitriles is 1. The van der Waals surface area contributed by atoms with Gasteiger partial charge in [-0.3, -0.25) is 14.6 Å². The van der Waals surface area contributed by atoms with Gasteiger partial charge in [-0.05, 0) is 12.1 Å². The van der Waals surface area contributed by atoms with Crippen LogP contribution in [0.3, 0.4) is 0 Å². The zero-order valence-corrected chi connectivity index (χ0v) is 13.6. The summed E-state index contributed by atoms with van der Waals surface area (Å²) >= 11 is 0. The van der Waals surface area contributed by atoms with Gasteiger partial charge in [0.15, 0.2) is 0 Å². The summed E-state index contributed by atoms with van der Waals surface area (Å²) in [6.07, 6.45) is 0.722. The third-order valence-corrected chi connectivity index (χ3v) is 4.19. The number of nitrogens with two attached hydrogens (primary N) is 1. The number of nitrogens with zero attached hydrogens (tertiary/aromatic N) is 3. The Morgan fingerprint density at radius 3 is 2.92 bits per heavy atom. The number of benzene rings is 1. The van der Waals surface area contributed by atoms with Crippen LogP contribution in [-0.2, 0) is 4.79 Å². The van der Waals surface area contributed by atoms with Crippen molar-refractivity contribution in [3.63, 3.8) is 0 Å². The highest BCUT2D eigenvalue weighted by Crippen LogP contribution is 2.31. The molecule has 2 aromatic rings. The van der Waals surface area contributed by atoms with E-state index in [1.165, 1.54) is 12.3 Å². The lowest BCUT2D eigenvalue weighted by Gasteiger charge is -2.19. The van der Waals surface area contributed by atoms with Crippen LogP contribution in [0.15, 0.2) is 30.5 Å². The van der Waals surface area contributed by atoms with E-state index in [0.717, 1.165) is 4.90 Å². The van der Waals surface area contributed by atoms with E-state index in [1.807, 2.05) is 0 Å². The van der Waals surface area contributed by atoms with E-state index < -0.39 is 43.3 Å². The van der Waals surface area contributed by atoms with Gasteiger partial charge >= 0.3 is 0 Å². The van der Waals surface area contributed by atoms with Crippen LogP contribution in [-0.4, -0.2) is 46.8 Å². The fourth-order valence-electron chi connectivity index (χ4n) is 2.94. The van der Waals surface area contributed by atoms with Gasteiger partial charge in [0.25, 0.3) is 11.8 Å². The Morgan fingerprint density at radius 2 is 2.19 bits per heavy atom. The molecule has 134 valence electrons. The number of carbonyl (C=O) groups is 2. The van der Waals surface area contributed by atoms with Gasteiger partial charge in [0.05, 0.1) is 35.9 Å². The number of para-hydroxylation sites is 1. The monoisotopic (exact) mass is 359 g/mol. The maximum Gasteiger partial charge on any atom is 0.268 e. The molecule has 7 nitrogen and oxygen atoms in total. The molecule has 1 aliphatic heterocycles. The van der Waals surface area contributed by atoms with E-state index in [4.69, 9.17) is 11.0 Å². The van der Waals surface area contributed by atoms with Gasteiger partial charge in [-0.1, -0.05) is 12.1 Å². The SMILES string of the molecule is N#CC1CC(F)(F)CN1C(=O)CNC(=O)c1ccnc2c(N)cccc12. The molecular weight excluding hydrogens is 344 g/mol. The number of likely N-dealkylation sites (tertiary alicyclic amines) is 1. The number of alkyl halides is 2. The molecule has 3 N–H and O–H groups in total. The van der Waals surface area contributed by atoms with Crippen LogP contribution in [0.4, 0.5) is 14.5 Å². The summed E-state index contributed by atoms with van der Waals surface area (Å²) < 4.78 is 26.8. The molecule has 3 rings (SSSR count). The van der Waals surface area contributed by atoms with Crippen molar-refractivity contribution in [2.75, 3.05) is 18.8 Å². The van der Waals surface area contributed by atoms with Gasteiger partial charge in [-0.25, -0.2) is 8.78 Å². The Labute approximate surface area is 147 Å². The molecule has 2 amide bonds. The number of rotatable bonds is 3. The standard InChI is InChI=1S/C17H15F2N5O2/c18-17(19)6-10(7-20)24(9-17)14(25)8-23-16(26)12-4-5-22-15-11(12)2-1-3-13(15)21/h1-5,10H,6,8-9,21H2,(H,23,26). The topological polar surface area (TPSA) is 112 Å². The molecule has 0 aliphatic carbocycles. The predicted molar refractivity (Wildman–Crippen MR) is 89.2 cm³/mol. The smallest absolute Gasteiger partial charge is 0.268 e. The first kappa shape index (κ1) is 17.5. The summed E-state index contributed by atoms with van der Waals surface area (Å²) in [7, 11) is 0. The molecule has 1 atom stereocenters. The second-order valence-corrected chi connectivity index (χ2v) is 6.01. The molecular formula is C17H15F2N5O2. The molecule has 2 heterocycles.